The first-order chi connectivity index (χ1) is 10.1. The van der Waals surface area contributed by atoms with Crippen LogP contribution < -0.4 is 0 Å². The van der Waals surface area contributed by atoms with Gasteiger partial charge in [-0.25, -0.2) is 12.7 Å². The average molecular weight is 335 g/mol. The SMILES string of the molecule is CCCC1C(=O)N(S(=O)(=O)c2ccc(C)cc2)C1C(F)(F)F. The summed E-state index contributed by atoms with van der Waals surface area (Å²) in [6.07, 6.45) is -4.38. The Kier molecular flexibility index (Phi) is 4.25. The van der Waals surface area contributed by atoms with Crippen molar-refractivity contribution in [1.29, 1.82) is 0 Å². The van der Waals surface area contributed by atoms with Crippen molar-refractivity contribution in [1.82, 2.24) is 4.31 Å². The summed E-state index contributed by atoms with van der Waals surface area (Å²) in [5, 5.41) is 0. The molecule has 2 atom stereocenters. The van der Waals surface area contributed by atoms with Crippen molar-refractivity contribution in [3.8, 4) is 0 Å². The van der Waals surface area contributed by atoms with Gasteiger partial charge in [-0.05, 0) is 25.5 Å². The molecular weight excluding hydrogens is 319 g/mol. The largest absolute Gasteiger partial charge is 0.410 e. The van der Waals surface area contributed by atoms with E-state index in [9.17, 15) is 26.4 Å². The molecule has 1 aliphatic rings. The maximum Gasteiger partial charge on any atom is 0.410 e. The van der Waals surface area contributed by atoms with E-state index in [1.54, 1.807) is 13.8 Å². The van der Waals surface area contributed by atoms with Gasteiger partial charge < -0.3 is 0 Å². The molecule has 22 heavy (non-hydrogen) atoms. The van der Waals surface area contributed by atoms with Gasteiger partial charge in [0.25, 0.3) is 10.0 Å². The monoisotopic (exact) mass is 335 g/mol. The van der Waals surface area contributed by atoms with Crippen LogP contribution in [0.5, 0.6) is 0 Å². The molecule has 0 spiro atoms. The molecule has 1 fully saturated rings. The number of β-lactam (4-membered cyclic amide) rings is 1. The first-order valence-corrected chi connectivity index (χ1v) is 8.26. The molecule has 1 amide bonds. The first kappa shape index (κ1) is 16.8. The van der Waals surface area contributed by atoms with Gasteiger partial charge in [0.15, 0.2) is 6.04 Å². The summed E-state index contributed by atoms with van der Waals surface area (Å²) in [5.74, 6) is -2.30. The van der Waals surface area contributed by atoms with E-state index in [2.05, 4.69) is 0 Å². The lowest BCUT2D eigenvalue weighted by Crippen LogP contribution is -2.68. The number of benzene rings is 1. The second-order valence-electron chi connectivity index (χ2n) is 5.33. The van der Waals surface area contributed by atoms with Gasteiger partial charge in [0, 0.05) is 0 Å². The number of carbonyl (C=O) groups excluding carboxylic acids is 1. The Morgan fingerprint density at radius 1 is 1.18 bits per heavy atom. The number of aryl methyl sites for hydroxylation is 1. The molecule has 8 heteroatoms. The van der Waals surface area contributed by atoms with Gasteiger partial charge >= 0.3 is 6.18 Å². The highest BCUT2D eigenvalue weighted by molar-refractivity contribution is 7.89. The molecule has 1 aromatic carbocycles. The number of carbonyl (C=O) groups is 1. The number of rotatable bonds is 4. The third kappa shape index (κ3) is 2.71. The van der Waals surface area contributed by atoms with Crippen LogP contribution in [-0.2, 0) is 14.8 Å². The lowest BCUT2D eigenvalue weighted by atomic mass is 9.86. The minimum absolute atomic E-state index is 0.0159. The molecule has 0 aliphatic carbocycles. The fourth-order valence-electron chi connectivity index (χ4n) is 2.56. The maximum atomic E-state index is 13.1. The highest BCUT2D eigenvalue weighted by Gasteiger charge is 2.64. The topological polar surface area (TPSA) is 54.5 Å². The molecule has 1 aliphatic heterocycles. The van der Waals surface area contributed by atoms with Crippen molar-refractivity contribution in [2.75, 3.05) is 0 Å². The van der Waals surface area contributed by atoms with Crippen molar-refractivity contribution in [2.24, 2.45) is 5.92 Å². The standard InChI is InChI=1S/C14H16F3NO3S/c1-3-4-11-12(14(15,16)17)18(13(11)19)22(20,21)10-7-5-9(2)6-8-10/h5-8,11-12H,3-4H2,1-2H3. The highest BCUT2D eigenvalue weighted by Crippen LogP contribution is 2.44. The van der Waals surface area contributed by atoms with E-state index >= 15 is 0 Å². The molecule has 2 rings (SSSR count). The number of hydrogen-bond donors (Lipinski definition) is 0. The number of sulfonamides is 1. The van der Waals surface area contributed by atoms with E-state index < -0.39 is 34.1 Å². The van der Waals surface area contributed by atoms with E-state index in [1.807, 2.05) is 0 Å². The van der Waals surface area contributed by atoms with Crippen molar-refractivity contribution >= 4 is 15.9 Å². The Bertz CT molecular complexity index is 668. The van der Waals surface area contributed by atoms with Crippen LogP contribution in [0, 0.1) is 12.8 Å². The summed E-state index contributed by atoms with van der Waals surface area (Å²) in [7, 11) is -4.49. The Labute approximate surface area is 127 Å². The summed E-state index contributed by atoms with van der Waals surface area (Å²) >= 11 is 0. The highest BCUT2D eigenvalue weighted by atomic mass is 32.2. The van der Waals surface area contributed by atoms with Crippen molar-refractivity contribution in [3.05, 3.63) is 29.8 Å². The van der Waals surface area contributed by atoms with Crippen LogP contribution in [0.25, 0.3) is 0 Å². The van der Waals surface area contributed by atoms with Crippen molar-refractivity contribution in [3.63, 3.8) is 0 Å². The maximum absolute atomic E-state index is 13.1. The average Bonchev–Trinajstić information content (AvgIpc) is 2.40. The fourth-order valence-corrected chi connectivity index (χ4v) is 4.21. The second-order valence-corrected chi connectivity index (χ2v) is 7.15. The van der Waals surface area contributed by atoms with Crippen LogP contribution in [-0.4, -0.2) is 30.8 Å². The molecule has 1 saturated heterocycles. The molecule has 122 valence electrons. The van der Waals surface area contributed by atoms with Gasteiger partial charge in [-0.1, -0.05) is 31.0 Å². The zero-order chi connectivity index (χ0) is 16.7. The summed E-state index contributed by atoms with van der Waals surface area (Å²) in [6.45, 7) is 3.37. The molecular formula is C14H16F3NO3S. The summed E-state index contributed by atoms with van der Waals surface area (Å²) < 4.78 is 64.1. The number of alkyl halides is 3. The van der Waals surface area contributed by atoms with Crippen LogP contribution in [0.4, 0.5) is 13.2 Å². The predicted octanol–water partition coefficient (Wildman–Crippen LogP) is 2.87. The van der Waals surface area contributed by atoms with Gasteiger partial charge in [0.1, 0.15) is 0 Å². The van der Waals surface area contributed by atoms with E-state index in [-0.39, 0.29) is 15.6 Å². The number of hydrogen-bond acceptors (Lipinski definition) is 3. The number of nitrogens with zero attached hydrogens (tertiary/aromatic N) is 1. The molecule has 1 aromatic rings. The van der Waals surface area contributed by atoms with Gasteiger partial charge in [0.2, 0.25) is 5.91 Å². The van der Waals surface area contributed by atoms with Crippen molar-refractivity contribution in [2.45, 2.75) is 43.8 Å². The van der Waals surface area contributed by atoms with Crippen LogP contribution in [0.2, 0.25) is 0 Å². The first-order valence-electron chi connectivity index (χ1n) is 6.82. The normalized spacial score (nSPS) is 22.6. The summed E-state index contributed by atoms with van der Waals surface area (Å²) in [4.78, 5) is 11.6. The molecule has 2 unspecified atom stereocenters. The minimum atomic E-state index is -4.77. The third-order valence-corrected chi connectivity index (χ3v) is 5.47. The predicted molar refractivity (Wildman–Crippen MR) is 73.5 cm³/mol. The number of amides is 1. The van der Waals surface area contributed by atoms with Gasteiger partial charge in [-0.3, -0.25) is 4.79 Å². The molecule has 1 heterocycles. The van der Waals surface area contributed by atoms with E-state index in [0.29, 0.717) is 6.42 Å². The minimum Gasteiger partial charge on any atom is -0.273 e. The van der Waals surface area contributed by atoms with Gasteiger partial charge in [0.05, 0.1) is 10.8 Å². The quantitative estimate of drug-likeness (QED) is 0.795. The molecule has 0 saturated carbocycles. The smallest absolute Gasteiger partial charge is 0.273 e. The molecule has 0 bridgehead atoms. The van der Waals surface area contributed by atoms with Crippen LogP contribution in [0.15, 0.2) is 29.2 Å². The zero-order valence-electron chi connectivity index (χ0n) is 12.1. The number of halogens is 3. The Morgan fingerprint density at radius 3 is 2.18 bits per heavy atom. The summed E-state index contributed by atoms with van der Waals surface area (Å²) in [6, 6.07) is 3.09. The Morgan fingerprint density at radius 2 is 1.73 bits per heavy atom. The summed E-state index contributed by atoms with van der Waals surface area (Å²) in [5.41, 5.74) is 0.769. The van der Waals surface area contributed by atoms with E-state index in [1.165, 1.54) is 24.3 Å². The third-order valence-electron chi connectivity index (χ3n) is 3.68. The Balaban J connectivity index is 2.41. The van der Waals surface area contributed by atoms with Gasteiger partial charge in [-0.2, -0.15) is 13.2 Å². The molecule has 0 radical (unpaired) electrons. The molecule has 0 N–H and O–H groups in total. The van der Waals surface area contributed by atoms with E-state index in [4.69, 9.17) is 0 Å². The van der Waals surface area contributed by atoms with E-state index in [0.717, 1.165) is 5.56 Å². The van der Waals surface area contributed by atoms with Crippen LogP contribution >= 0.6 is 0 Å². The lowest BCUT2D eigenvalue weighted by molar-refractivity contribution is -0.215. The van der Waals surface area contributed by atoms with Crippen molar-refractivity contribution < 1.29 is 26.4 Å². The molecule has 0 aromatic heterocycles. The Hall–Kier alpha value is -1.57. The fraction of sp³-hybridized carbons (Fsp3) is 0.500. The van der Waals surface area contributed by atoms with Crippen LogP contribution in [0.1, 0.15) is 25.3 Å². The van der Waals surface area contributed by atoms with Crippen LogP contribution in [0.3, 0.4) is 0 Å². The lowest BCUT2D eigenvalue weighted by Gasteiger charge is -2.46. The zero-order valence-corrected chi connectivity index (χ0v) is 12.9. The van der Waals surface area contributed by atoms with Gasteiger partial charge in [-0.15, -0.1) is 0 Å². The second kappa shape index (κ2) is 5.57. The molecule has 4 nitrogen and oxygen atoms in total.